The number of anilines is 1. The van der Waals surface area contributed by atoms with Crippen molar-refractivity contribution in [3.05, 3.63) is 29.8 Å². The van der Waals surface area contributed by atoms with Gasteiger partial charge in [-0.2, -0.15) is 0 Å². The van der Waals surface area contributed by atoms with Crippen LogP contribution in [-0.2, 0) is 16.0 Å². The number of hydrogen-bond acceptors (Lipinski definition) is 5. The lowest BCUT2D eigenvalue weighted by molar-refractivity contribution is 0.180. The molecule has 0 heterocycles. The summed E-state index contributed by atoms with van der Waals surface area (Å²) >= 11 is 0. The van der Waals surface area contributed by atoms with E-state index in [1.165, 1.54) is 7.11 Å². The molecule has 0 atom stereocenters. The minimum absolute atomic E-state index is 0. The summed E-state index contributed by atoms with van der Waals surface area (Å²) in [4.78, 5) is 17.6. The summed E-state index contributed by atoms with van der Waals surface area (Å²) in [5.74, 6) is 0.757. The van der Waals surface area contributed by atoms with Crippen LogP contribution in [0.15, 0.2) is 29.3 Å². The van der Waals surface area contributed by atoms with E-state index in [1.807, 2.05) is 24.3 Å². The van der Waals surface area contributed by atoms with Crippen molar-refractivity contribution in [2.24, 2.45) is 4.99 Å². The van der Waals surface area contributed by atoms with Crippen LogP contribution in [0.2, 0.25) is 0 Å². The largest absolute Gasteiger partial charge is 0.453 e. The first-order chi connectivity index (χ1) is 12.6. The van der Waals surface area contributed by atoms with Gasteiger partial charge in [-0.3, -0.25) is 10.3 Å². The second-order valence-electron chi connectivity index (χ2n) is 5.82. The van der Waals surface area contributed by atoms with Crippen molar-refractivity contribution in [2.75, 3.05) is 59.9 Å². The number of carbonyl (C=O) groups excluding carboxylic acids is 1. The van der Waals surface area contributed by atoms with Gasteiger partial charge in [0.1, 0.15) is 0 Å². The molecule has 0 saturated carbocycles. The van der Waals surface area contributed by atoms with Crippen LogP contribution in [0.5, 0.6) is 0 Å². The number of methoxy groups -OCH3 is 2. The summed E-state index contributed by atoms with van der Waals surface area (Å²) < 4.78 is 9.62. The highest BCUT2D eigenvalue weighted by Crippen LogP contribution is 2.09. The molecule has 0 aliphatic rings. The van der Waals surface area contributed by atoms with E-state index in [-0.39, 0.29) is 24.0 Å². The number of likely N-dealkylation sites (N-methyl/N-ethyl adjacent to an activating group) is 1. The molecule has 0 aromatic heterocycles. The lowest BCUT2D eigenvalue weighted by Gasteiger charge is -2.18. The van der Waals surface area contributed by atoms with Crippen LogP contribution < -0.4 is 16.0 Å². The van der Waals surface area contributed by atoms with Gasteiger partial charge in [0.25, 0.3) is 0 Å². The van der Waals surface area contributed by atoms with E-state index in [1.54, 1.807) is 14.2 Å². The summed E-state index contributed by atoms with van der Waals surface area (Å²) in [5, 5.41) is 9.19. The van der Waals surface area contributed by atoms with Crippen molar-refractivity contribution >= 4 is 41.7 Å². The number of guanidine groups is 1. The van der Waals surface area contributed by atoms with E-state index < -0.39 is 6.09 Å². The summed E-state index contributed by atoms with van der Waals surface area (Å²) in [5.41, 5.74) is 1.78. The fourth-order valence-electron chi connectivity index (χ4n) is 2.24. The maximum Gasteiger partial charge on any atom is 0.411 e. The number of benzene rings is 1. The third-order valence-corrected chi connectivity index (χ3v) is 3.74. The van der Waals surface area contributed by atoms with Gasteiger partial charge in [0.2, 0.25) is 0 Å². The molecule has 8 nitrogen and oxygen atoms in total. The molecule has 0 fully saturated rings. The molecule has 9 heteroatoms. The molecule has 1 aromatic carbocycles. The maximum absolute atomic E-state index is 11.2. The Morgan fingerprint density at radius 3 is 2.44 bits per heavy atom. The zero-order chi connectivity index (χ0) is 19.2. The molecular formula is C18H32IN5O3. The number of rotatable bonds is 10. The Morgan fingerprint density at radius 1 is 1.15 bits per heavy atom. The fourth-order valence-corrected chi connectivity index (χ4v) is 2.24. The van der Waals surface area contributed by atoms with Gasteiger partial charge < -0.3 is 25.0 Å². The molecule has 27 heavy (non-hydrogen) atoms. The molecule has 0 aliphatic heterocycles. The van der Waals surface area contributed by atoms with Gasteiger partial charge in [0, 0.05) is 52.6 Å². The summed E-state index contributed by atoms with van der Waals surface area (Å²) in [6.45, 7) is 4.17. The fraction of sp³-hybridized carbons (Fsp3) is 0.556. The molecule has 0 unspecified atom stereocenters. The van der Waals surface area contributed by atoms with E-state index >= 15 is 0 Å². The number of hydrogen-bond donors (Lipinski definition) is 3. The maximum atomic E-state index is 11.2. The zero-order valence-corrected chi connectivity index (χ0v) is 18.9. The number of carbonyl (C=O) groups is 1. The van der Waals surface area contributed by atoms with Crippen LogP contribution >= 0.6 is 24.0 Å². The van der Waals surface area contributed by atoms with Crippen LogP contribution in [-0.4, -0.2) is 71.5 Å². The van der Waals surface area contributed by atoms with Crippen molar-refractivity contribution in [1.29, 1.82) is 0 Å². The number of amides is 1. The van der Waals surface area contributed by atoms with Crippen LogP contribution in [0.25, 0.3) is 0 Å². The van der Waals surface area contributed by atoms with E-state index in [0.29, 0.717) is 12.2 Å². The lowest BCUT2D eigenvalue weighted by Crippen LogP contribution is -2.40. The first kappa shape index (κ1) is 25.4. The predicted octanol–water partition coefficient (Wildman–Crippen LogP) is 2.12. The zero-order valence-electron chi connectivity index (χ0n) is 16.6. The van der Waals surface area contributed by atoms with Crippen LogP contribution in [0.4, 0.5) is 10.5 Å². The SMILES string of the molecule is CN=C(NCCN(C)CCCOC)NCc1ccc(NC(=O)OC)cc1.I. The Hall–Kier alpha value is -1.59. The summed E-state index contributed by atoms with van der Waals surface area (Å²) in [6.07, 6.45) is 0.550. The van der Waals surface area contributed by atoms with Crippen LogP contribution in [0.1, 0.15) is 12.0 Å². The Kier molecular flexibility index (Phi) is 14.6. The Bertz CT molecular complexity index is 554. The Balaban J connectivity index is 0.00000676. The molecule has 0 radical (unpaired) electrons. The molecule has 0 saturated heterocycles. The second kappa shape index (κ2) is 15.5. The lowest BCUT2D eigenvalue weighted by atomic mass is 10.2. The van der Waals surface area contributed by atoms with Crippen molar-refractivity contribution in [3.63, 3.8) is 0 Å². The van der Waals surface area contributed by atoms with Crippen molar-refractivity contribution in [2.45, 2.75) is 13.0 Å². The van der Waals surface area contributed by atoms with Gasteiger partial charge in [-0.15, -0.1) is 24.0 Å². The molecule has 3 N–H and O–H groups in total. The van der Waals surface area contributed by atoms with Gasteiger partial charge in [-0.25, -0.2) is 4.79 Å². The monoisotopic (exact) mass is 493 g/mol. The third kappa shape index (κ3) is 11.7. The number of nitrogens with one attached hydrogen (secondary N) is 3. The molecule has 154 valence electrons. The highest BCUT2D eigenvalue weighted by Gasteiger charge is 2.03. The topological polar surface area (TPSA) is 87.2 Å². The quantitative estimate of drug-likeness (QED) is 0.200. The average Bonchev–Trinajstić information content (AvgIpc) is 2.65. The van der Waals surface area contributed by atoms with Crippen LogP contribution in [0.3, 0.4) is 0 Å². The minimum Gasteiger partial charge on any atom is -0.453 e. The van der Waals surface area contributed by atoms with Gasteiger partial charge >= 0.3 is 6.09 Å². The number of nitrogens with zero attached hydrogens (tertiary/aromatic N) is 2. The van der Waals surface area contributed by atoms with Gasteiger partial charge in [0.15, 0.2) is 5.96 Å². The van der Waals surface area contributed by atoms with Crippen molar-refractivity contribution in [3.8, 4) is 0 Å². The third-order valence-electron chi connectivity index (χ3n) is 3.74. The highest BCUT2D eigenvalue weighted by atomic mass is 127. The molecule has 0 aliphatic carbocycles. The Labute approximate surface area is 179 Å². The van der Waals surface area contributed by atoms with Crippen molar-refractivity contribution in [1.82, 2.24) is 15.5 Å². The second-order valence-corrected chi connectivity index (χ2v) is 5.82. The first-order valence-electron chi connectivity index (χ1n) is 8.65. The van der Waals surface area contributed by atoms with Gasteiger partial charge in [0.05, 0.1) is 7.11 Å². The molecule has 1 rings (SSSR count). The molecule has 1 aromatic rings. The van der Waals surface area contributed by atoms with E-state index in [0.717, 1.165) is 44.2 Å². The first-order valence-corrected chi connectivity index (χ1v) is 8.65. The summed E-state index contributed by atoms with van der Waals surface area (Å²) in [7, 11) is 6.91. The van der Waals surface area contributed by atoms with Gasteiger partial charge in [-0.05, 0) is 31.2 Å². The highest BCUT2D eigenvalue weighted by molar-refractivity contribution is 14.0. The minimum atomic E-state index is -0.479. The summed E-state index contributed by atoms with van der Waals surface area (Å²) in [6, 6.07) is 7.54. The molecular weight excluding hydrogens is 461 g/mol. The average molecular weight is 493 g/mol. The number of aliphatic imine (C=N–C) groups is 1. The molecule has 1 amide bonds. The van der Waals surface area contributed by atoms with E-state index in [4.69, 9.17) is 4.74 Å². The van der Waals surface area contributed by atoms with E-state index in [2.05, 4.69) is 37.6 Å². The molecule has 0 bridgehead atoms. The standard InChI is InChI=1S/C18H31N5O3.HI/c1-19-17(20-10-12-23(2)11-5-13-25-3)21-14-15-6-8-16(9-7-15)22-18(24)26-4;/h6-9H,5,10-14H2,1-4H3,(H,22,24)(H2,19,20,21);1H. The van der Waals surface area contributed by atoms with Gasteiger partial charge in [-0.1, -0.05) is 12.1 Å². The normalized spacial score (nSPS) is 10.9. The number of ether oxygens (including phenoxy) is 2. The van der Waals surface area contributed by atoms with Crippen LogP contribution in [0, 0.1) is 0 Å². The van der Waals surface area contributed by atoms with Crippen molar-refractivity contribution < 1.29 is 14.3 Å². The molecule has 0 spiro atoms. The Morgan fingerprint density at radius 2 is 1.85 bits per heavy atom. The van der Waals surface area contributed by atoms with E-state index in [9.17, 15) is 4.79 Å². The smallest absolute Gasteiger partial charge is 0.411 e. The number of halogens is 1. The predicted molar refractivity (Wildman–Crippen MR) is 120 cm³/mol.